The molecule has 0 fully saturated rings. The van der Waals surface area contributed by atoms with Gasteiger partial charge in [0.1, 0.15) is 0 Å². The Kier molecular flexibility index (Phi) is 10.4. The minimum atomic E-state index is -0.793. The van der Waals surface area contributed by atoms with E-state index in [-0.39, 0.29) is 23.7 Å². The first-order valence-corrected chi connectivity index (χ1v) is 7.40. The van der Waals surface area contributed by atoms with Gasteiger partial charge in [-0.05, 0) is 26.3 Å². The highest BCUT2D eigenvalue weighted by Gasteiger charge is 2.24. The van der Waals surface area contributed by atoms with Gasteiger partial charge in [0.05, 0.1) is 6.04 Å². The number of hydrogen-bond acceptors (Lipinski definition) is 6. The van der Waals surface area contributed by atoms with Crippen molar-refractivity contribution in [1.82, 2.24) is 10.9 Å². The van der Waals surface area contributed by atoms with Crippen LogP contribution in [0.25, 0.3) is 0 Å². The maximum absolute atomic E-state index is 12.3. The van der Waals surface area contributed by atoms with Crippen molar-refractivity contribution in [3.05, 3.63) is 0 Å². The second-order valence-corrected chi connectivity index (χ2v) is 5.32. The van der Waals surface area contributed by atoms with E-state index in [0.29, 0.717) is 12.8 Å². The van der Waals surface area contributed by atoms with Gasteiger partial charge in [-0.1, -0.05) is 27.2 Å². The molecule has 4 atom stereocenters. The highest BCUT2D eigenvalue weighted by molar-refractivity contribution is 5.85. The lowest BCUT2D eigenvalue weighted by molar-refractivity contribution is -0.125. The number of nitrogens with zero attached hydrogens (tertiary/aromatic N) is 2. The van der Waals surface area contributed by atoms with Crippen LogP contribution in [0.1, 0.15) is 46.5 Å². The second-order valence-electron chi connectivity index (χ2n) is 5.32. The molecule has 0 aromatic carbocycles. The van der Waals surface area contributed by atoms with Crippen LogP contribution in [0.4, 0.5) is 0 Å². The number of Topliss-reactive ketones (excluding diaryl/α,β-unsaturated/α-hetero) is 1. The van der Waals surface area contributed by atoms with Gasteiger partial charge in [0.15, 0.2) is 12.0 Å². The maximum Gasteiger partial charge on any atom is 0.168 e. The summed E-state index contributed by atoms with van der Waals surface area (Å²) >= 11 is 0. The topological polar surface area (TPSA) is 86.1 Å². The number of carbonyl (C=O) groups is 1. The lowest BCUT2D eigenvalue weighted by atomic mass is 9.91. The highest BCUT2D eigenvalue weighted by atomic mass is 16.3. The van der Waals surface area contributed by atoms with E-state index < -0.39 is 6.23 Å². The standard InChI is InChI=1S/C14H30N4O2/c1-6-7-10(2)13(19)12(17-15-4)9-8-11(3)14(20)18-16-5/h10-12,14-15,17,20H,6-9H2,1-5H3. The zero-order valence-corrected chi connectivity index (χ0v) is 13.4. The molecule has 6 nitrogen and oxygen atoms in total. The Bertz CT molecular complexity index is 297. The molecule has 0 saturated heterocycles. The van der Waals surface area contributed by atoms with Crippen molar-refractivity contribution >= 4 is 5.78 Å². The van der Waals surface area contributed by atoms with Crippen LogP contribution in [0.3, 0.4) is 0 Å². The van der Waals surface area contributed by atoms with Crippen molar-refractivity contribution in [2.24, 2.45) is 22.1 Å². The largest absolute Gasteiger partial charge is 0.370 e. The Morgan fingerprint density at radius 1 is 1.25 bits per heavy atom. The van der Waals surface area contributed by atoms with Crippen LogP contribution < -0.4 is 10.9 Å². The molecule has 0 radical (unpaired) electrons. The summed E-state index contributed by atoms with van der Waals surface area (Å²) in [6.07, 6.45) is 2.50. The SMILES string of the molecule is CCCC(C)C(=O)C(CCC(C)C(O)N=NC)NNC. The summed E-state index contributed by atoms with van der Waals surface area (Å²) in [6.45, 7) is 5.97. The molecule has 0 aromatic rings. The lowest BCUT2D eigenvalue weighted by Crippen LogP contribution is -2.46. The zero-order valence-electron chi connectivity index (χ0n) is 13.4. The van der Waals surface area contributed by atoms with E-state index in [0.717, 1.165) is 12.8 Å². The van der Waals surface area contributed by atoms with E-state index >= 15 is 0 Å². The zero-order chi connectivity index (χ0) is 15.5. The molecule has 0 aliphatic carbocycles. The lowest BCUT2D eigenvalue weighted by Gasteiger charge is -2.22. The fourth-order valence-corrected chi connectivity index (χ4v) is 2.19. The first-order valence-electron chi connectivity index (χ1n) is 7.40. The average Bonchev–Trinajstić information content (AvgIpc) is 2.42. The van der Waals surface area contributed by atoms with Gasteiger partial charge in [-0.3, -0.25) is 10.2 Å². The molecule has 4 unspecified atom stereocenters. The van der Waals surface area contributed by atoms with Gasteiger partial charge in [-0.25, -0.2) is 5.43 Å². The molecule has 0 heterocycles. The van der Waals surface area contributed by atoms with Gasteiger partial charge in [0, 0.05) is 18.9 Å². The maximum atomic E-state index is 12.3. The molecule has 6 heteroatoms. The molecule has 0 bridgehead atoms. The monoisotopic (exact) mass is 286 g/mol. The van der Waals surface area contributed by atoms with Gasteiger partial charge in [-0.15, -0.1) is 0 Å². The predicted octanol–water partition coefficient (Wildman–Crippen LogP) is 1.90. The average molecular weight is 286 g/mol. The first-order chi connectivity index (χ1) is 9.47. The van der Waals surface area contributed by atoms with E-state index in [1.807, 2.05) is 13.8 Å². The number of carbonyl (C=O) groups excluding carboxylic acids is 1. The molecule has 0 aromatic heterocycles. The molecular formula is C14H30N4O2. The molecule has 0 amide bonds. The second kappa shape index (κ2) is 10.9. The van der Waals surface area contributed by atoms with Crippen LogP contribution in [-0.2, 0) is 4.79 Å². The predicted molar refractivity (Wildman–Crippen MR) is 80.2 cm³/mol. The fraction of sp³-hybridized carbons (Fsp3) is 0.929. The van der Waals surface area contributed by atoms with Gasteiger partial charge in [-0.2, -0.15) is 10.2 Å². The number of hydrazine groups is 1. The number of nitrogens with one attached hydrogen (secondary N) is 2. The Hall–Kier alpha value is -0.850. The van der Waals surface area contributed by atoms with E-state index in [1.165, 1.54) is 7.05 Å². The van der Waals surface area contributed by atoms with Crippen molar-refractivity contribution in [2.45, 2.75) is 58.7 Å². The first kappa shape index (κ1) is 19.1. The molecular weight excluding hydrogens is 256 g/mol. The summed E-state index contributed by atoms with van der Waals surface area (Å²) in [5.74, 6) is 0.260. The van der Waals surface area contributed by atoms with Gasteiger partial charge < -0.3 is 5.11 Å². The summed E-state index contributed by atoms with van der Waals surface area (Å²) in [6, 6.07) is -0.227. The van der Waals surface area contributed by atoms with E-state index in [4.69, 9.17) is 0 Å². The van der Waals surface area contributed by atoms with Gasteiger partial charge in [0.25, 0.3) is 0 Å². The Balaban J connectivity index is 4.43. The van der Waals surface area contributed by atoms with Crippen molar-refractivity contribution in [1.29, 1.82) is 0 Å². The van der Waals surface area contributed by atoms with Crippen LogP contribution >= 0.6 is 0 Å². The van der Waals surface area contributed by atoms with Crippen LogP contribution in [0.5, 0.6) is 0 Å². The number of aliphatic hydroxyl groups excluding tert-OH is 1. The normalized spacial score (nSPS) is 17.9. The van der Waals surface area contributed by atoms with Crippen LogP contribution in [0, 0.1) is 11.8 Å². The van der Waals surface area contributed by atoms with Crippen molar-refractivity contribution in [3.8, 4) is 0 Å². The van der Waals surface area contributed by atoms with Crippen molar-refractivity contribution < 1.29 is 9.90 Å². The minimum absolute atomic E-state index is 0.0193. The molecule has 0 aliphatic rings. The molecule has 0 saturated carbocycles. The number of ketones is 1. The minimum Gasteiger partial charge on any atom is -0.370 e. The number of aliphatic hydroxyl groups is 1. The van der Waals surface area contributed by atoms with E-state index in [2.05, 4.69) is 28.0 Å². The molecule has 0 aliphatic heterocycles. The quantitative estimate of drug-likeness (QED) is 0.400. The molecule has 0 rings (SSSR count). The van der Waals surface area contributed by atoms with Crippen molar-refractivity contribution in [2.75, 3.05) is 14.1 Å². The fourth-order valence-electron chi connectivity index (χ4n) is 2.19. The Labute approximate surface area is 122 Å². The van der Waals surface area contributed by atoms with Gasteiger partial charge >= 0.3 is 0 Å². The molecule has 0 spiro atoms. The van der Waals surface area contributed by atoms with Crippen LogP contribution in [-0.4, -0.2) is 37.3 Å². The van der Waals surface area contributed by atoms with E-state index in [9.17, 15) is 9.90 Å². The third-order valence-corrected chi connectivity index (χ3v) is 3.52. The summed E-state index contributed by atoms with van der Waals surface area (Å²) in [7, 11) is 3.30. The smallest absolute Gasteiger partial charge is 0.168 e. The summed E-state index contributed by atoms with van der Waals surface area (Å²) in [4.78, 5) is 12.3. The van der Waals surface area contributed by atoms with Crippen LogP contribution in [0.15, 0.2) is 10.2 Å². The number of rotatable bonds is 11. The Morgan fingerprint density at radius 3 is 2.40 bits per heavy atom. The summed E-state index contributed by atoms with van der Waals surface area (Å²) in [5, 5.41) is 17.0. The third-order valence-electron chi connectivity index (χ3n) is 3.52. The molecule has 3 N–H and O–H groups in total. The third kappa shape index (κ3) is 7.07. The summed E-state index contributed by atoms with van der Waals surface area (Å²) in [5.41, 5.74) is 5.86. The van der Waals surface area contributed by atoms with E-state index in [1.54, 1.807) is 7.05 Å². The van der Waals surface area contributed by atoms with Gasteiger partial charge in [0.2, 0.25) is 0 Å². The highest BCUT2D eigenvalue weighted by Crippen LogP contribution is 2.17. The molecule has 20 heavy (non-hydrogen) atoms. The number of hydrogen-bond donors (Lipinski definition) is 3. The Morgan fingerprint density at radius 2 is 1.90 bits per heavy atom. The molecule has 118 valence electrons. The number of azo groups is 1. The summed E-state index contributed by atoms with van der Waals surface area (Å²) < 4.78 is 0. The van der Waals surface area contributed by atoms with Crippen LogP contribution in [0.2, 0.25) is 0 Å². The van der Waals surface area contributed by atoms with Crippen molar-refractivity contribution in [3.63, 3.8) is 0 Å².